The van der Waals surface area contributed by atoms with Crippen molar-refractivity contribution in [3.8, 4) is 17.1 Å². The first kappa shape index (κ1) is 21.1. The van der Waals surface area contributed by atoms with Crippen LogP contribution in [0.2, 0.25) is 0 Å². The van der Waals surface area contributed by atoms with Gasteiger partial charge < -0.3 is 9.84 Å². The van der Waals surface area contributed by atoms with Gasteiger partial charge in [0, 0.05) is 30.8 Å². The summed E-state index contributed by atoms with van der Waals surface area (Å²) in [5, 5.41) is 14.1. The average Bonchev–Trinajstić information content (AvgIpc) is 3.07. The normalized spacial score (nSPS) is 11.5. The van der Waals surface area contributed by atoms with Crippen LogP contribution < -0.4 is 9.46 Å². The second kappa shape index (κ2) is 8.84. The summed E-state index contributed by atoms with van der Waals surface area (Å²) < 4.78 is 10.9. The number of hydrogen-bond acceptors (Lipinski definition) is 7. The van der Waals surface area contributed by atoms with E-state index < -0.39 is 5.60 Å². The van der Waals surface area contributed by atoms with Crippen LogP contribution in [0.1, 0.15) is 31.4 Å². The van der Waals surface area contributed by atoms with E-state index in [1.807, 2.05) is 38.4 Å². The third kappa shape index (κ3) is 5.71. The molecule has 2 heterocycles. The minimum Gasteiger partial charge on any atom is -0.477 e. The molecule has 154 valence electrons. The van der Waals surface area contributed by atoms with Gasteiger partial charge in [0.05, 0.1) is 29.0 Å². The Morgan fingerprint density at radius 1 is 1.21 bits per heavy atom. The Hall–Kier alpha value is -2.58. The molecule has 29 heavy (non-hydrogen) atoms. The monoisotopic (exact) mass is 413 g/mol. The van der Waals surface area contributed by atoms with Crippen LogP contribution in [0.4, 0.5) is 5.95 Å². The Morgan fingerprint density at radius 3 is 2.62 bits per heavy atom. The number of aryl methyl sites for hydroxylation is 2. The highest BCUT2D eigenvalue weighted by molar-refractivity contribution is 8.00. The van der Waals surface area contributed by atoms with Crippen molar-refractivity contribution in [3.05, 3.63) is 47.8 Å². The van der Waals surface area contributed by atoms with E-state index in [0.29, 0.717) is 24.9 Å². The molecule has 0 aliphatic rings. The second-order valence-corrected chi connectivity index (χ2v) is 8.49. The molecule has 0 saturated carbocycles. The third-order valence-corrected chi connectivity index (χ3v) is 5.13. The van der Waals surface area contributed by atoms with Crippen molar-refractivity contribution in [1.29, 1.82) is 0 Å². The van der Waals surface area contributed by atoms with E-state index in [1.165, 1.54) is 11.9 Å². The van der Waals surface area contributed by atoms with E-state index in [-0.39, 0.29) is 0 Å². The first-order chi connectivity index (χ1) is 13.7. The lowest BCUT2D eigenvalue weighted by molar-refractivity contribution is 0.0546. The molecular weight excluding hydrogens is 386 g/mol. The molecule has 3 rings (SSSR count). The van der Waals surface area contributed by atoms with Crippen LogP contribution in [0.25, 0.3) is 11.3 Å². The van der Waals surface area contributed by atoms with Crippen molar-refractivity contribution in [2.75, 3.05) is 11.3 Å². The van der Waals surface area contributed by atoms with Crippen molar-refractivity contribution in [3.63, 3.8) is 0 Å². The number of nitrogens with zero attached hydrogens (tertiary/aromatic N) is 4. The van der Waals surface area contributed by atoms with Gasteiger partial charge in [0.1, 0.15) is 0 Å². The number of nitrogens with one attached hydrogen (secondary N) is 1. The molecule has 0 spiro atoms. The summed E-state index contributed by atoms with van der Waals surface area (Å²) in [5.41, 5.74) is 3.06. The third-order valence-electron chi connectivity index (χ3n) is 4.40. The first-order valence-corrected chi connectivity index (χ1v) is 10.3. The summed E-state index contributed by atoms with van der Waals surface area (Å²) in [6, 6.07) is 8.11. The highest BCUT2D eigenvalue weighted by Gasteiger charge is 2.17. The zero-order valence-electron chi connectivity index (χ0n) is 17.4. The Morgan fingerprint density at radius 2 is 1.97 bits per heavy atom. The van der Waals surface area contributed by atoms with Gasteiger partial charge in [-0.3, -0.25) is 9.40 Å². The largest absolute Gasteiger partial charge is 0.477 e. The van der Waals surface area contributed by atoms with E-state index in [2.05, 4.69) is 27.8 Å². The SMILES string of the molecule is Cc1ccccc1-c1nc(NSc2cnn(C)c2)nc(OCCC(C)(C)O)c1C. The van der Waals surface area contributed by atoms with Crippen LogP contribution in [0, 0.1) is 13.8 Å². The lowest BCUT2D eigenvalue weighted by atomic mass is 10.0. The number of rotatable bonds is 8. The summed E-state index contributed by atoms with van der Waals surface area (Å²) in [6.07, 6.45) is 4.19. The molecule has 0 bridgehead atoms. The van der Waals surface area contributed by atoms with E-state index in [0.717, 1.165) is 27.3 Å². The lowest BCUT2D eigenvalue weighted by Crippen LogP contribution is -2.22. The van der Waals surface area contributed by atoms with Gasteiger partial charge in [-0.05, 0) is 45.2 Å². The molecule has 0 fully saturated rings. The molecule has 0 aliphatic heterocycles. The molecule has 0 radical (unpaired) electrons. The van der Waals surface area contributed by atoms with E-state index >= 15 is 0 Å². The number of benzene rings is 1. The van der Waals surface area contributed by atoms with Crippen LogP contribution in [-0.4, -0.2) is 37.1 Å². The highest BCUT2D eigenvalue weighted by Crippen LogP contribution is 2.32. The molecule has 3 aromatic rings. The Labute approximate surface area is 175 Å². The van der Waals surface area contributed by atoms with Gasteiger partial charge in [0.25, 0.3) is 0 Å². The highest BCUT2D eigenvalue weighted by atomic mass is 32.2. The Balaban J connectivity index is 1.91. The predicted molar refractivity (Wildman–Crippen MR) is 116 cm³/mol. The fourth-order valence-electron chi connectivity index (χ4n) is 2.74. The minimum absolute atomic E-state index is 0.365. The molecule has 1 aromatic carbocycles. The van der Waals surface area contributed by atoms with Gasteiger partial charge in [0.2, 0.25) is 11.8 Å². The molecule has 0 saturated heterocycles. The fourth-order valence-corrected chi connectivity index (χ4v) is 3.34. The van der Waals surface area contributed by atoms with Crippen LogP contribution in [0.5, 0.6) is 5.88 Å². The van der Waals surface area contributed by atoms with Crippen molar-refractivity contribution in [1.82, 2.24) is 19.7 Å². The molecule has 0 amide bonds. The topological polar surface area (TPSA) is 85.1 Å². The average molecular weight is 414 g/mol. The van der Waals surface area contributed by atoms with E-state index in [4.69, 9.17) is 9.72 Å². The second-order valence-electron chi connectivity index (χ2n) is 7.61. The first-order valence-electron chi connectivity index (χ1n) is 9.44. The van der Waals surface area contributed by atoms with Gasteiger partial charge in [-0.25, -0.2) is 4.98 Å². The number of hydrogen-bond donors (Lipinski definition) is 2. The van der Waals surface area contributed by atoms with Crippen molar-refractivity contribution < 1.29 is 9.84 Å². The summed E-state index contributed by atoms with van der Waals surface area (Å²) in [6.45, 7) is 7.91. The standard InChI is InChI=1S/C21H27N5O2S/c1-14-8-6-7-9-17(14)18-15(2)19(28-11-10-21(3,4)27)24-20(23-18)25-29-16-12-22-26(5)13-16/h6-9,12-13,27H,10-11H2,1-5H3,(H,23,24,25). The molecule has 0 unspecified atom stereocenters. The molecular formula is C21H27N5O2S. The van der Waals surface area contributed by atoms with Gasteiger partial charge in [-0.2, -0.15) is 10.1 Å². The number of anilines is 1. The van der Waals surface area contributed by atoms with Gasteiger partial charge >= 0.3 is 0 Å². The quantitative estimate of drug-likeness (QED) is 0.537. The van der Waals surface area contributed by atoms with Gasteiger partial charge in [0.15, 0.2) is 0 Å². The van der Waals surface area contributed by atoms with Crippen LogP contribution in [0.15, 0.2) is 41.6 Å². The van der Waals surface area contributed by atoms with Crippen LogP contribution in [-0.2, 0) is 7.05 Å². The van der Waals surface area contributed by atoms with Crippen molar-refractivity contribution in [2.45, 2.75) is 44.6 Å². The molecule has 2 aromatic heterocycles. The lowest BCUT2D eigenvalue weighted by Gasteiger charge is -2.18. The van der Waals surface area contributed by atoms with Gasteiger partial charge in [-0.15, -0.1) is 0 Å². The smallest absolute Gasteiger partial charge is 0.237 e. The van der Waals surface area contributed by atoms with Crippen LogP contribution >= 0.6 is 11.9 Å². The molecule has 7 nitrogen and oxygen atoms in total. The molecule has 2 N–H and O–H groups in total. The maximum atomic E-state index is 9.96. The summed E-state index contributed by atoms with van der Waals surface area (Å²) >= 11 is 1.39. The zero-order valence-corrected chi connectivity index (χ0v) is 18.2. The summed E-state index contributed by atoms with van der Waals surface area (Å²) in [4.78, 5) is 10.3. The van der Waals surface area contributed by atoms with Crippen LogP contribution in [0.3, 0.4) is 0 Å². The number of ether oxygens (including phenoxy) is 1. The number of aliphatic hydroxyl groups is 1. The molecule has 8 heteroatoms. The van der Waals surface area contributed by atoms with E-state index in [9.17, 15) is 5.11 Å². The summed E-state index contributed by atoms with van der Waals surface area (Å²) in [7, 11) is 1.87. The maximum Gasteiger partial charge on any atom is 0.237 e. The maximum absolute atomic E-state index is 9.96. The van der Waals surface area contributed by atoms with Crippen molar-refractivity contribution in [2.24, 2.45) is 7.05 Å². The zero-order chi connectivity index (χ0) is 21.0. The Bertz CT molecular complexity index is 981. The van der Waals surface area contributed by atoms with E-state index in [1.54, 1.807) is 24.7 Å². The molecule has 0 aliphatic carbocycles. The summed E-state index contributed by atoms with van der Waals surface area (Å²) in [5.74, 6) is 0.970. The number of aromatic nitrogens is 4. The minimum atomic E-state index is -0.795. The fraction of sp³-hybridized carbons (Fsp3) is 0.381. The van der Waals surface area contributed by atoms with Crippen molar-refractivity contribution >= 4 is 17.9 Å². The molecule has 0 atom stereocenters. The van der Waals surface area contributed by atoms with Gasteiger partial charge in [-0.1, -0.05) is 24.3 Å². The predicted octanol–water partition coefficient (Wildman–Crippen LogP) is 4.15. The Kier molecular flexibility index (Phi) is 6.44.